The van der Waals surface area contributed by atoms with Crippen molar-refractivity contribution in [2.24, 2.45) is 0 Å². The zero-order valence-electron chi connectivity index (χ0n) is 8.87. The van der Waals surface area contributed by atoms with Gasteiger partial charge in [0, 0.05) is 17.3 Å². The summed E-state index contributed by atoms with van der Waals surface area (Å²) < 4.78 is 29.0. The lowest BCUT2D eigenvalue weighted by Gasteiger charge is -2.08. The van der Waals surface area contributed by atoms with Gasteiger partial charge in [-0.1, -0.05) is 18.2 Å². The number of hydrogen-bond acceptors (Lipinski definition) is 2. The summed E-state index contributed by atoms with van der Waals surface area (Å²) in [5, 5.41) is 0.909. The maximum atomic E-state index is 12.0. The first-order valence-electron chi connectivity index (χ1n) is 5.06. The van der Waals surface area contributed by atoms with Gasteiger partial charge in [-0.05, 0) is 11.6 Å². The zero-order valence-corrected chi connectivity index (χ0v) is 9.62. The molecule has 1 aromatic carbocycles. The smallest absolute Gasteiger partial charge is 0.272 e. The molecule has 2 rings (SSSR count). The molecule has 0 aliphatic rings. The molecule has 0 bridgehead atoms. The summed E-state index contributed by atoms with van der Waals surface area (Å²) in [5.74, 6) is 0.466. The molecule has 0 saturated carbocycles. The van der Waals surface area contributed by atoms with E-state index in [4.69, 9.17) is 16.3 Å². The number of fused-ring (bicyclic) bond motifs is 1. The normalized spacial score (nSPS) is 11.1. The lowest BCUT2D eigenvalue weighted by molar-refractivity contribution is 0.0797. The monoisotopic (exact) mass is 257 g/mol. The Labute approximate surface area is 102 Å². The Morgan fingerprint density at radius 1 is 1.29 bits per heavy atom. The van der Waals surface area contributed by atoms with Gasteiger partial charge in [-0.25, -0.2) is 13.8 Å². The standard InChI is InChI=1S/C12H10ClF2NO/c13-6-8-5-12(17-7-11(14)15)16-10-4-2-1-3-9(8)10/h1-5,11H,6-7H2. The number of halogens is 3. The van der Waals surface area contributed by atoms with E-state index in [1.54, 1.807) is 12.1 Å². The molecule has 0 N–H and O–H groups in total. The highest BCUT2D eigenvalue weighted by molar-refractivity contribution is 6.18. The van der Waals surface area contributed by atoms with Crippen LogP contribution in [0.25, 0.3) is 10.9 Å². The van der Waals surface area contributed by atoms with Crippen molar-refractivity contribution in [1.29, 1.82) is 0 Å². The van der Waals surface area contributed by atoms with Crippen LogP contribution in [0.5, 0.6) is 5.88 Å². The number of aromatic nitrogens is 1. The fourth-order valence-electron chi connectivity index (χ4n) is 1.55. The molecule has 5 heteroatoms. The Bertz CT molecular complexity index is 519. The Kier molecular flexibility index (Phi) is 3.74. The van der Waals surface area contributed by atoms with Crippen LogP contribution in [0.4, 0.5) is 8.78 Å². The largest absolute Gasteiger partial charge is 0.472 e. The van der Waals surface area contributed by atoms with Crippen LogP contribution in [0.1, 0.15) is 5.56 Å². The summed E-state index contributed by atoms with van der Waals surface area (Å²) in [6.45, 7) is -0.660. The lowest BCUT2D eigenvalue weighted by atomic mass is 10.1. The quantitative estimate of drug-likeness (QED) is 0.781. The third-order valence-electron chi connectivity index (χ3n) is 2.28. The Morgan fingerprint density at radius 2 is 2.06 bits per heavy atom. The average Bonchev–Trinajstić information content (AvgIpc) is 2.35. The van der Waals surface area contributed by atoms with Crippen LogP contribution in [-0.4, -0.2) is 18.0 Å². The molecular formula is C12H10ClF2NO. The second-order valence-electron chi connectivity index (χ2n) is 3.47. The SMILES string of the molecule is FC(F)COc1cc(CCl)c2ccccc2n1. The van der Waals surface area contributed by atoms with Crippen molar-refractivity contribution in [2.75, 3.05) is 6.61 Å². The number of alkyl halides is 3. The van der Waals surface area contributed by atoms with Gasteiger partial charge in [0.15, 0.2) is 6.61 Å². The first-order valence-corrected chi connectivity index (χ1v) is 5.59. The van der Waals surface area contributed by atoms with Crippen molar-refractivity contribution in [3.63, 3.8) is 0 Å². The first-order chi connectivity index (χ1) is 8.20. The minimum atomic E-state index is -2.51. The average molecular weight is 258 g/mol. The van der Waals surface area contributed by atoms with E-state index in [0.717, 1.165) is 10.9 Å². The fraction of sp³-hybridized carbons (Fsp3) is 0.250. The molecule has 0 amide bonds. The van der Waals surface area contributed by atoms with Gasteiger partial charge < -0.3 is 4.74 Å². The highest BCUT2D eigenvalue weighted by Crippen LogP contribution is 2.23. The summed E-state index contributed by atoms with van der Waals surface area (Å²) in [5.41, 5.74) is 1.51. The van der Waals surface area contributed by atoms with E-state index < -0.39 is 13.0 Å². The number of para-hydroxylation sites is 1. The van der Waals surface area contributed by atoms with Gasteiger partial charge >= 0.3 is 0 Å². The van der Waals surface area contributed by atoms with E-state index in [-0.39, 0.29) is 11.8 Å². The van der Waals surface area contributed by atoms with Gasteiger partial charge in [0.05, 0.1) is 5.52 Å². The van der Waals surface area contributed by atoms with Gasteiger partial charge in [-0.2, -0.15) is 0 Å². The maximum Gasteiger partial charge on any atom is 0.272 e. The van der Waals surface area contributed by atoms with E-state index >= 15 is 0 Å². The Morgan fingerprint density at radius 3 is 2.76 bits per heavy atom. The first kappa shape index (κ1) is 12.0. The molecule has 1 aromatic heterocycles. The van der Waals surface area contributed by atoms with Gasteiger partial charge in [-0.3, -0.25) is 0 Å². The van der Waals surface area contributed by atoms with Gasteiger partial charge in [-0.15, -0.1) is 11.6 Å². The molecule has 0 aliphatic carbocycles. The van der Waals surface area contributed by atoms with E-state index in [0.29, 0.717) is 5.52 Å². The Balaban J connectivity index is 2.38. The second kappa shape index (κ2) is 5.27. The predicted molar refractivity (Wildman–Crippen MR) is 62.8 cm³/mol. The zero-order chi connectivity index (χ0) is 12.3. The summed E-state index contributed by atoms with van der Waals surface area (Å²) in [4.78, 5) is 4.14. The van der Waals surface area contributed by atoms with Crippen molar-refractivity contribution in [3.05, 3.63) is 35.9 Å². The Hall–Kier alpha value is -1.42. The van der Waals surface area contributed by atoms with Crippen molar-refractivity contribution in [1.82, 2.24) is 4.98 Å². The lowest BCUT2D eigenvalue weighted by Crippen LogP contribution is -2.08. The van der Waals surface area contributed by atoms with Crippen LogP contribution in [0, 0.1) is 0 Å². The second-order valence-corrected chi connectivity index (χ2v) is 3.74. The molecule has 0 spiro atoms. The number of rotatable bonds is 4. The number of hydrogen-bond donors (Lipinski definition) is 0. The van der Waals surface area contributed by atoms with E-state index in [1.807, 2.05) is 18.2 Å². The molecule has 0 radical (unpaired) electrons. The van der Waals surface area contributed by atoms with Gasteiger partial charge in [0.2, 0.25) is 5.88 Å². The summed E-state index contributed by atoms with van der Waals surface area (Å²) >= 11 is 5.81. The van der Waals surface area contributed by atoms with Crippen LogP contribution < -0.4 is 4.74 Å². The van der Waals surface area contributed by atoms with Crippen LogP contribution in [-0.2, 0) is 5.88 Å². The molecule has 90 valence electrons. The molecule has 0 saturated heterocycles. The molecule has 1 heterocycles. The third kappa shape index (κ3) is 2.82. The third-order valence-corrected chi connectivity index (χ3v) is 2.57. The molecule has 0 unspecified atom stereocenters. The van der Waals surface area contributed by atoms with Crippen LogP contribution in [0.3, 0.4) is 0 Å². The molecule has 0 fully saturated rings. The summed E-state index contributed by atoms with van der Waals surface area (Å²) in [7, 11) is 0. The molecule has 2 nitrogen and oxygen atoms in total. The minimum absolute atomic E-state index is 0.180. The number of benzene rings is 1. The van der Waals surface area contributed by atoms with Crippen molar-refractivity contribution in [3.8, 4) is 5.88 Å². The number of pyridine rings is 1. The van der Waals surface area contributed by atoms with E-state index in [9.17, 15) is 8.78 Å². The highest BCUT2D eigenvalue weighted by atomic mass is 35.5. The molecule has 0 atom stereocenters. The molecule has 2 aromatic rings. The molecule has 17 heavy (non-hydrogen) atoms. The predicted octanol–water partition coefficient (Wildman–Crippen LogP) is 3.62. The number of nitrogens with zero attached hydrogens (tertiary/aromatic N) is 1. The topological polar surface area (TPSA) is 22.1 Å². The summed E-state index contributed by atoms with van der Waals surface area (Å²) in [6.07, 6.45) is -2.51. The van der Waals surface area contributed by atoms with Crippen molar-refractivity contribution in [2.45, 2.75) is 12.3 Å². The minimum Gasteiger partial charge on any atom is -0.472 e. The highest BCUT2D eigenvalue weighted by Gasteiger charge is 2.08. The van der Waals surface area contributed by atoms with E-state index in [1.165, 1.54) is 0 Å². The molecule has 0 aliphatic heterocycles. The van der Waals surface area contributed by atoms with Crippen LogP contribution in [0.2, 0.25) is 0 Å². The van der Waals surface area contributed by atoms with Crippen LogP contribution in [0.15, 0.2) is 30.3 Å². The van der Waals surface area contributed by atoms with Crippen molar-refractivity contribution < 1.29 is 13.5 Å². The molecular weight excluding hydrogens is 248 g/mol. The van der Waals surface area contributed by atoms with E-state index in [2.05, 4.69) is 4.98 Å². The van der Waals surface area contributed by atoms with Gasteiger partial charge in [0.1, 0.15) is 0 Å². The van der Waals surface area contributed by atoms with Gasteiger partial charge in [0.25, 0.3) is 6.43 Å². The fourth-order valence-corrected chi connectivity index (χ4v) is 1.77. The number of ether oxygens (including phenoxy) is 1. The summed E-state index contributed by atoms with van der Waals surface area (Å²) in [6, 6.07) is 8.97. The maximum absolute atomic E-state index is 12.0. The van der Waals surface area contributed by atoms with Crippen LogP contribution >= 0.6 is 11.6 Å². The van der Waals surface area contributed by atoms with Crippen molar-refractivity contribution >= 4 is 22.5 Å².